The minimum absolute atomic E-state index is 0.382. The van der Waals surface area contributed by atoms with Crippen molar-refractivity contribution in [2.45, 2.75) is 6.54 Å². The first-order valence-corrected chi connectivity index (χ1v) is 6.50. The number of methoxy groups -OCH3 is 2. The van der Waals surface area contributed by atoms with Gasteiger partial charge in [0, 0.05) is 11.1 Å². The molecule has 0 aliphatic carbocycles. The number of esters is 1. The fourth-order valence-corrected chi connectivity index (χ4v) is 2.13. The number of carbonyl (C=O) groups excluding carboxylic acids is 1. The van der Waals surface area contributed by atoms with Gasteiger partial charge in [0.2, 0.25) is 0 Å². The second kappa shape index (κ2) is 6.19. The third-order valence-corrected chi connectivity index (χ3v) is 3.34. The maximum atomic E-state index is 11.4. The molecule has 2 rings (SSSR count). The molecule has 1 aromatic heterocycles. The highest BCUT2D eigenvalue weighted by atomic mass is 32.1. The lowest BCUT2D eigenvalue weighted by molar-refractivity contribution is 0.0600. The van der Waals surface area contributed by atoms with Gasteiger partial charge in [-0.1, -0.05) is 0 Å². The molecule has 0 aliphatic heterocycles. The van der Waals surface area contributed by atoms with Gasteiger partial charge in [0.15, 0.2) is 0 Å². The molecule has 19 heavy (non-hydrogen) atoms. The highest BCUT2D eigenvalue weighted by Gasteiger charge is 2.10. The fraction of sp³-hybridized carbons (Fsp3) is 0.231. The number of nitrogens with one attached hydrogen (secondary N) is 1. The summed E-state index contributed by atoms with van der Waals surface area (Å²) in [6.07, 6.45) is 1.81. The van der Waals surface area contributed by atoms with E-state index in [0.29, 0.717) is 17.9 Å². The quantitative estimate of drug-likeness (QED) is 0.852. The molecule has 1 aromatic carbocycles. The van der Waals surface area contributed by atoms with E-state index in [9.17, 15) is 4.79 Å². The highest BCUT2D eigenvalue weighted by molar-refractivity contribution is 7.09. The van der Waals surface area contributed by atoms with E-state index in [0.717, 1.165) is 10.6 Å². The van der Waals surface area contributed by atoms with Crippen molar-refractivity contribution in [1.29, 1.82) is 0 Å². The van der Waals surface area contributed by atoms with Gasteiger partial charge in [0.1, 0.15) is 5.75 Å². The van der Waals surface area contributed by atoms with E-state index in [2.05, 4.69) is 15.0 Å². The summed E-state index contributed by atoms with van der Waals surface area (Å²) in [5.41, 5.74) is 3.07. The molecule has 5 nitrogen and oxygen atoms in total. The summed E-state index contributed by atoms with van der Waals surface area (Å²) in [6, 6.07) is 5.15. The number of hydrogen-bond acceptors (Lipinski definition) is 6. The number of hydrogen-bond donors (Lipinski definition) is 1. The van der Waals surface area contributed by atoms with Gasteiger partial charge in [0.05, 0.1) is 37.5 Å². The lowest BCUT2D eigenvalue weighted by atomic mass is 10.2. The molecular weight excluding hydrogens is 264 g/mol. The Morgan fingerprint density at radius 2 is 2.26 bits per heavy atom. The van der Waals surface area contributed by atoms with Crippen LogP contribution in [0.25, 0.3) is 0 Å². The first-order chi connectivity index (χ1) is 9.24. The van der Waals surface area contributed by atoms with Gasteiger partial charge in [-0.2, -0.15) is 0 Å². The number of thiazole rings is 1. The van der Waals surface area contributed by atoms with Crippen molar-refractivity contribution in [1.82, 2.24) is 4.98 Å². The molecule has 0 bridgehead atoms. The lowest BCUT2D eigenvalue weighted by Crippen LogP contribution is -2.04. The van der Waals surface area contributed by atoms with Crippen molar-refractivity contribution < 1.29 is 14.3 Å². The summed E-state index contributed by atoms with van der Waals surface area (Å²) in [4.78, 5) is 16.6. The van der Waals surface area contributed by atoms with Crippen LogP contribution in [-0.4, -0.2) is 25.2 Å². The average Bonchev–Trinajstić information content (AvgIpc) is 2.97. The van der Waals surface area contributed by atoms with Crippen LogP contribution in [-0.2, 0) is 11.3 Å². The summed E-state index contributed by atoms with van der Waals surface area (Å²) in [5.74, 6) is 0.222. The molecule has 0 unspecified atom stereocenters. The summed E-state index contributed by atoms with van der Waals surface area (Å²) >= 11 is 1.58. The Bertz CT molecular complexity index is 555. The Kier molecular flexibility index (Phi) is 4.35. The highest BCUT2D eigenvalue weighted by Crippen LogP contribution is 2.26. The van der Waals surface area contributed by atoms with Gasteiger partial charge in [-0.25, -0.2) is 4.79 Å². The third kappa shape index (κ3) is 3.23. The average molecular weight is 278 g/mol. The van der Waals surface area contributed by atoms with Gasteiger partial charge in [-0.15, -0.1) is 11.3 Å². The fourth-order valence-electron chi connectivity index (χ4n) is 1.59. The zero-order valence-corrected chi connectivity index (χ0v) is 11.5. The number of benzene rings is 1. The smallest absolute Gasteiger partial charge is 0.337 e. The molecule has 2 aromatic rings. The van der Waals surface area contributed by atoms with Crippen molar-refractivity contribution in [2.75, 3.05) is 19.5 Å². The lowest BCUT2D eigenvalue weighted by Gasteiger charge is -2.11. The second-order valence-corrected chi connectivity index (χ2v) is 4.70. The number of carbonyl (C=O) groups is 1. The molecule has 0 fully saturated rings. The molecule has 0 saturated heterocycles. The third-order valence-electron chi connectivity index (χ3n) is 2.56. The number of rotatable bonds is 5. The van der Waals surface area contributed by atoms with Crippen molar-refractivity contribution >= 4 is 23.0 Å². The maximum Gasteiger partial charge on any atom is 0.337 e. The van der Waals surface area contributed by atoms with Crippen LogP contribution >= 0.6 is 11.3 Å². The molecule has 1 heterocycles. The van der Waals surface area contributed by atoms with E-state index in [4.69, 9.17) is 4.74 Å². The van der Waals surface area contributed by atoms with Crippen molar-refractivity contribution in [3.05, 3.63) is 40.3 Å². The van der Waals surface area contributed by atoms with Crippen molar-refractivity contribution in [2.24, 2.45) is 0 Å². The standard InChI is InChI=1S/C13H14N2O3S/c1-17-12-5-9(13(16)18-2)3-4-11(12)15-7-10-6-14-8-19-10/h3-6,8,15H,7H2,1-2H3. The summed E-state index contributed by atoms with van der Waals surface area (Å²) in [6.45, 7) is 0.665. The van der Waals surface area contributed by atoms with Gasteiger partial charge >= 0.3 is 5.97 Å². The summed E-state index contributed by atoms with van der Waals surface area (Å²) < 4.78 is 9.94. The largest absolute Gasteiger partial charge is 0.495 e. The molecule has 6 heteroatoms. The van der Waals surface area contributed by atoms with Crippen LogP contribution in [0.4, 0.5) is 5.69 Å². The minimum Gasteiger partial charge on any atom is -0.495 e. The number of ether oxygens (including phenoxy) is 2. The molecule has 1 N–H and O–H groups in total. The van der Waals surface area contributed by atoms with Crippen LogP contribution in [0.1, 0.15) is 15.2 Å². The summed E-state index contributed by atoms with van der Waals surface area (Å²) in [7, 11) is 2.92. The Hall–Kier alpha value is -2.08. The normalized spacial score (nSPS) is 10.0. The Morgan fingerprint density at radius 3 is 2.89 bits per heavy atom. The van der Waals surface area contributed by atoms with Crippen LogP contribution in [0.5, 0.6) is 5.75 Å². The van der Waals surface area contributed by atoms with Crippen molar-refractivity contribution in [3.8, 4) is 5.75 Å². The predicted molar refractivity (Wildman–Crippen MR) is 73.8 cm³/mol. The Labute approximate surface area is 115 Å². The number of anilines is 1. The van der Waals surface area contributed by atoms with E-state index in [1.54, 1.807) is 42.2 Å². The van der Waals surface area contributed by atoms with E-state index < -0.39 is 0 Å². The van der Waals surface area contributed by atoms with Crippen LogP contribution in [0.15, 0.2) is 29.9 Å². The molecule has 0 aliphatic rings. The maximum absolute atomic E-state index is 11.4. The molecule has 100 valence electrons. The molecule has 0 spiro atoms. The SMILES string of the molecule is COC(=O)c1ccc(NCc2cncs2)c(OC)c1. The van der Waals surface area contributed by atoms with Gasteiger partial charge in [-0.3, -0.25) is 4.98 Å². The van der Waals surface area contributed by atoms with Gasteiger partial charge < -0.3 is 14.8 Å². The molecule has 0 saturated carbocycles. The Morgan fingerprint density at radius 1 is 1.42 bits per heavy atom. The predicted octanol–water partition coefficient (Wildman–Crippen LogP) is 2.55. The Balaban J connectivity index is 2.14. The monoisotopic (exact) mass is 278 g/mol. The van der Waals surface area contributed by atoms with E-state index in [-0.39, 0.29) is 5.97 Å². The van der Waals surface area contributed by atoms with Crippen molar-refractivity contribution in [3.63, 3.8) is 0 Å². The molecular formula is C13H14N2O3S. The van der Waals surface area contributed by atoms with E-state index >= 15 is 0 Å². The first-order valence-electron chi connectivity index (χ1n) is 5.62. The minimum atomic E-state index is -0.382. The topological polar surface area (TPSA) is 60.5 Å². The van der Waals surface area contributed by atoms with Crippen LogP contribution in [0, 0.1) is 0 Å². The molecule has 0 amide bonds. The zero-order chi connectivity index (χ0) is 13.7. The first kappa shape index (κ1) is 13.4. The second-order valence-electron chi connectivity index (χ2n) is 3.73. The van der Waals surface area contributed by atoms with Crippen LogP contribution < -0.4 is 10.1 Å². The molecule has 0 radical (unpaired) electrons. The van der Waals surface area contributed by atoms with Crippen LogP contribution in [0.3, 0.4) is 0 Å². The van der Waals surface area contributed by atoms with E-state index in [1.807, 2.05) is 6.20 Å². The van der Waals surface area contributed by atoms with Crippen LogP contribution in [0.2, 0.25) is 0 Å². The summed E-state index contributed by atoms with van der Waals surface area (Å²) in [5, 5.41) is 3.24. The zero-order valence-electron chi connectivity index (χ0n) is 10.7. The van der Waals surface area contributed by atoms with Gasteiger partial charge in [-0.05, 0) is 18.2 Å². The van der Waals surface area contributed by atoms with Gasteiger partial charge in [0.25, 0.3) is 0 Å². The number of nitrogens with zero attached hydrogens (tertiary/aromatic N) is 1. The van der Waals surface area contributed by atoms with E-state index in [1.165, 1.54) is 7.11 Å². The molecule has 0 atom stereocenters. The number of aromatic nitrogens is 1.